The maximum absolute atomic E-state index is 3.51. The maximum Gasteiger partial charge on any atom is 0.185 e. The summed E-state index contributed by atoms with van der Waals surface area (Å²) in [5, 5.41) is 3.51. The van der Waals surface area contributed by atoms with Gasteiger partial charge in [-0.05, 0) is 32.4 Å². The molecule has 0 aromatic carbocycles. The molecule has 2 heterocycles. The molecule has 1 atom stereocenters. The van der Waals surface area contributed by atoms with E-state index in [1.165, 1.54) is 52.0 Å². The lowest BCUT2D eigenvalue weighted by molar-refractivity contribution is 0.0724. The SMILES string of the molecule is BN1CCC(N2CCNC[C@@H]2CC)CC1. The van der Waals surface area contributed by atoms with Gasteiger partial charge < -0.3 is 10.1 Å². The Hall–Kier alpha value is -0.0551. The molecule has 2 fully saturated rings. The summed E-state index contributed by atoms with van der Waals surface area (Å²) in [7, 11) is 2.24. The Morgan fingerprint density at radius 3 is 2.67 bits per heavy atom. The second-order valence-electron chi connectivity index (χ2n) is 5.04. The fourth-order valence-electron chi connectivity index (χ4n) is 2.96. The number of hydrogen-bond acceptors (Lipinski definition) is 3. The van der Waals surface area contributed by atoms with Crippen molar-refractivity contribution < 1.29 is 0 Å². The first-order valence-electron chi connectivity index (χ1n) is 6.46. The molecule has 0 aromatic heterocycles. The highest BCUT2D eigenvalue weighted by Crippen LogP contribution is 2.20. The van der Waals surface area contributed by atoms with Crippen LogP contribution in [-0.4, -0.2) is 62.5 Å². The quantitative estimate of drug-likeness (QED) is 0.629. The third-order valence-electron chi connectivity index (χ3n) is 4.02. The molecule has 2 aliphatic rings. The molecule has 2 rings (SSSR count). The molecule has 2 aliphatic heterocycles. The van der Waals surface area contributed by atoms with E-state index in [1.54, 1.807) is 0 Å². The second kappa shape index (κ2) is 5.33. The van der Waals surface area contributed by atoms with E-state index in [1.807, 2.05) is 0 Å². The number of rotatable bonds is 2. The van der Waals surface area contributed by atoms with E-state index in [9.17, 15) is 0 Å². The average Bonchev–Trinajstić information content (AvgIpc) is 2.30. The number of nitrogens with zero attached hydrogens (tertiary/aromatic N) is 2. The molecule has 4 heteroatoms. The summed E-state index contributed by atoms with van der Waals surface area (Å²) in [6.45, 7) is 8.52. The van der Waals surface area contributed by atoms with Crippen molar-refractivity contribution in [1.29, 1.82) is 0 Å². The van der Waals surface area contributed by atoms with Gasteiger partial charge in [0.2, 0.25) is 0 Å². The molecule has 0 saturated carbocycles. The Bertz CT molecular complexity index is 192. The van der Waals surface area contributed by atoms with E-state index in [0.29, 0.717) is 0 Å². The van der Waals surface area contributed by atoms with Crippen molar-refractivity contribution in [2.24, 2.45) is 0 Å². The van der Waals surface area contributed by atoms with Gasteiger partial charge in [0.15, 0.2) is 7.98 Å². The minimum absolute atomic E-state index is 0.784. The Kier molecular flexibility index (Phi) is 4.06. The summed E-state index contributed by atoms with van der Waals surface area (Å²) >= 11 is 0. The lowest BCUT2D eigenvalue weighted by Gasteiger charge is -2.44. The summed E-state index contributed by atoms with van der Waals surface area (Å²) in [5.41, 5.74) is 0. The van der Waals surface area contributed by atoms with E-state index in [2.05, 4.69) is 29.9 Å². The van der Waals surface area contributed by atoms with Crippen LogP contribution >= 0.6 is 0 Å². The van der Waals surface area contributed by atoms with Gasteiger partial charge in [-0.15, -0.1) is 0 Å². The van der Waals surface area contributed by atoms with Gasteiger partial charge in [-0.25, -0.2) is 0 Å². The molecule has 2 saturated heterocycles. The van der Waals surface area contributed by atoms with E-state index in [-0.39, 0.29) is 0 Å². The van der Waals surface area contributed by atoms with Crippen LogP contribution in [0.15, 0.2) is 0 Å². The van der Waals surface area contributed by atoms with Gasteiger partial charge in [0.05, 0.1) is 0 Å². The molecule has 15 heavy (non-hydrogen) atoms. The van der Waals surface area contributed by atoms with E-state index in [0.717, 1.165) is 12.1 Å². The summed E-state index contributed by atoms with van der Waals surface area (Å²) in [6.07, 6.45) is 4.03. The Morgan fingerprint density at radius 1 is 1.27 bits per heavy atom. The van der Waals surface area contributed by atoms with Crippen molar-refractivity contribution in [3.8, 4) is 0 Å². The van der Waals surface area contributed by atoms with Crippen LogP contribution in [0.25, 0.3) is 0 Å². The number of piperazine rings is 1. The van der Waals surface area contributed by atoms with Crippen LogP contribution in [-0.2, 0) is 0 Å². The molecule has 1 N–H and O–H groups in total. The average molecular weight is 209 g/mol. The van der Waals surface area contributed by atoms with Crippen LogP contribution in [0.1, 0.15) is 26.2 Å². The van der Waals surface area contributed by atoms with Crippen molar-refractivity contribution in [3.63, 3.8) is 0 Å². The molecule has 0 bridgehead atoms. The number of piperidine rings is 1. The fraction of sp³-hybridized carbons (Fsp3) is 1.00. The van der Waals surface area contributed by atoms with Gasteiger partial charge in [0.1, 0.15) is 0 Å². The van der Waals surface area contributed by atoms with Crippen LogP contribution in [0.2, 0.25) is 0 Å². The minimum Gasteiger partial charge on any atom is -0.349 e. The van der Waals surface area contributed by atoms with Crippen molar-refractivity contribution >= 4 is 7.98 Å². The van der Waals surface area contributed by atoms with Gasteiger partial charge in [0.25, 0.3) is 0 Å². The lowest BCUT2D eigenvalue weighted by Crippen LogP contribution is -2.57. The highest BCUT2D eigenvalue weighted by molar-refractivity contribution is 6.04. The minimum atomic E-state index is 0.784. The zero-order chi connectivity index (χ0) is 10.7. The molecule has 0 aliphatic carbocycles. The Morgan fingerprint density at radius 2 is 2.00 bits per heavy atom. The zero-order valence-corrected chi connectivity index (χ0v) is 10.2. The smallest absolute Gasteiger partial charge is 0.185 e. The van der Waals surface area contributed by atoms with Gasteiger partial charge in [-0.3, -0.25) is 4.90 Å². The van der Waals surface area contributed by atoms with Crippen LogP contribution in [0.4, 0.5) is 0 Å². The summed E-state index contributed by atoms with van der Waals surface area (Å²) in [4.78, 5) is 5.23. The number of hydrogen-bond donors (Lipinski definition) is 1. The largest absolute Gasteiger partial charge is 0.349 e. The Labute approximate surface area is 94.6 Å². The number of nitrogens with one attached hydrogen (secondary N) is 1. The topological polar surface area (TPSA) is 18.5 Å². The first kappa shape index (κ1) is 11.4. The molecule has 0 amide bonds. The van der Waals surface area contributed by atoms with Gasteiger partial charge in [0, 0.05) is 31.7 Å². The molecule has 0 radical (unpaired) electrons. The molecule has 3 nitrogen and oxygen atoms in total. The van der Waals surface area contributed by atoms with Crippen molar-refractivity contribution in [2.75, 3.05) is 32.7 Å². The normalized spacial score (nSPS) is 31.9. The third kappa shape index (κ3) is 2.74. The van der Waals surface area contributed by atoms with Gasteiger partial charge in [-0.2, -0.15) is 0 Å². The Balaban J connectivity index is 1.90. The molecule has 0 spiro atoms. The monoisotopic (exact) mass is 209 g/mol. The molecule has 0 unspecified atom stereocenters. The molecular weight excluding hydrogens is 185 g/mol. The standard InChI is InChI=1S/C11H24BN3/c1-2-10-9-13-5-8-15(10)11-3-6-14(12)7-4-11/h10-11,13H,2-9,12H2,1H3/t10-/m0/s1. The van der Waals surface area contributed by atoms with Gasteiger partial charge in [-0.1, -0.05) is 6.92 Å². The van der Waals surface area contributed by atoms with E-state index < -0.39 is 0 Å². The second-order valence-corrected chi connectivity index (χ2v) is 5.04. The van der Waals surface area contributed by atoms with Crippen LogP contribution in [0.5, 0.6) is 0 Å². The van der Waals surface area contributed by atoms with Crippen molar-refractivity contribution in [1.82, 2.24) is 15.0 Å². The van der Waals surface area contributed by atoms with Crippen LogP contribution < -0.4 is 5.32 Å². The van der Waals surface area contributed by atoms with Gasteiger partial charge >= 0.3 is 0 Å². The molecule has 86 valence electrons. The zero-order valence-electron chi connectivity index (χ0n) is 10.2. The lowest BCUT2D eigenvalue weighted by atomic mass is 9.97. The highest BCUT2D eigenvalue weighted by Gasteiger charge is 2.29. The van der Waals surface area contributed by atoms with E-state index in [4.69, 9.17) is 0 Å². The predicted octanol–water partition coefficient (Wildman–Crippen LogP) is -0.317. The molecule has 0 aromatic rings. The highest BCUT2D eigenvalue weighted by atomic mass is 15.3. The fourth-order valence-corrected chi connectivity index (χ4v) is 2.96. The summed E-state index contributed by atoms with van der Waals surface area (Å²) in [6, 6.07) is 1.64. The summed E-state index contributed by atoms with van der Waals surface area (Å²) < 4.78 is 0. The van der Waals surface area contributed by atoms with Crippen LogP contribution in [0, 0.1) is 0 Å². The van der Waals surface area contributed by atoms with Crippen molar-refractivity contribution in [3.05, 3.63) is 0 Å². The molecular formula is C11H24BN3. The predicted molar refractivity (Wildman–Crippen MR) is 66.8 cm³/mol. The van der Waals surface area contributed by atoms with Crippen LogP contribution in [0.3, 0.4) is 0 Å². The third-order valence-corrected chi connectivity index (χ3v) is 4.02. The first-order chi connectivity index (χ1) is 7.31. The first-order valence-corrected chi connectivity index (χ1v) is 6.46. The summed E-state index contributed by atoms with van der Waals surface area (Å²) in [5.74, 6) is 0. The van der Waals surface area contributed by atoms with E-state index >= 15 is 0 Å². The van der Waals surface area contributed by atoms with Crippen molar-refractivity contribution in [2.45, 2.75) is 38.3 Å². The maximum atomic E-state index is 3.51.